The summed E-state index contributed by atoms with van der Waals surface area (Å²) in [5.74, 6) is 0. The van der Waals surface area contributed by atoms with E-state index in [0.29, 0.717) is 17.1 Å². The molecule has 0 fully saturated rings. The average molecular weight is 361 g/mol. The lowest BCUT2D eigenvalue weighted by Gasteiger charge is -2.05. The zero-order valence-corrected chi connectivity index (χ0v) is 15.2. The molecule has 2 aromatic carbocycles. The molecule has 0 aliphatic carbocycles. The van der Waals surface area contributed by atoms with Crippen molar-refractivity contribution in [2.24, 2.45) is 10.2 Å². The minimum Gasteiger partial charge on any atom is -0.399 e. The minimum absolute atomic E-state index is 0.559. The van der Waals surface area contributed by atoms with Gasteiger partial charge in [0, 0.05) is 12.2 Å². The van der Waals surface area contributed by atoms with Crippen LogP contribution in [0, 0.1) is 6.92 Å². The molecule has 2 rings (SSSR count). The number of azo groups is 1. The van der Waals surface area contributed by atoms with Crippen molar-refractivity contribution in [3.63, 3.8) is 0 Å². The third-order valence-corrected chi connectivity index (χ3v) is 4.33. The van der Waals surface area contributed by atoms with Gasteiger partial charge in [0.1, 0.15) is 0 Å². The van der Waals surface area contributed by atoms with Crippen LogP contribution in [0.2, 0.25) is 0 Å². The number of hydroxylamine groups is 1. The summed E-state index contributed by atoms with van der Waals surface area (Å²) in [6, 6.07) is 12.4. The molecule has 1 unspecified atom stereocenters. The largest absolute Gasteiger partial charge is 0.399 e. The quantitative estimate of drug-likeness (QED) is 0.276. The van der Waals surface area contributed by atoms with E-state index in [2.05, 4.69) is 21.0 Å². The Kier molecular flexibility index (Phi) is 7.68. The van der Waals surface area contributed by atoms with Gasteiger partial charge in [0.2, 0.25) is 11.1 Å². The minimum atomic E-state index is -1.56. The van der Waals surface area contributed by atoms with Crippen LogP contribution in [-0.2, 0) is 15.4 Å². The zero-order chi connectivity index (χ0) is 18.1. The van der Waals surface area contributed by atoms with Crippen LogP contribution in [0.15, 0.2) is 57.6 Å². The summed E-state index contributed by atoms with van der Waals surface area (Å²) in [6.45, 7) is 3.42. The number of nitrogens with two attached hydrogens (primary N) is 1. The number of hydrogen-bond acceptors (Lipinski definition) is 7. The van der Waals surface area contributed by atoms with Crippen molar-refractivity contribution in [2.75, 3.05) is 25.9 Å². The smallest absolute Gasteiger partial charge is 0.206 e. The van der Waals surface area contributed by atoms with E-state index in [-0.39, 0.29) is 0 Å². The summed E-state index contributed by atoms with van der Waals surface area (Å²) >= 11 is -1.56. The van der Waals surface area contributed by atoms with E-state index in [1.807, 2.05) is 26.1 Å². The van der Waals surface area contributed by atoms with Crippen LogP contribution in [0.25, 0.3) is 0 Å². The third-order valence-electron chi connectivity index (χ3n) is 3.40. The molecule has 0 aliphatic rings. The molecule has 0 saturated heterocycles. The molecule has 7 nitrogen and oxygen atoms in total. The van der Waals surface area contributed by atoms with E-state index >= 15 is 0 Å². The molecule has 0 amide bonds. The third kappa shape index (κ3) is 6.35. The maximum atomic E-state index is 12.0. The van der Waals surface area contributed by atoms with Gasteiger partial charge in [0.15, 0.2) is 0 Å². The predicted octanol–water partition coefficient (Wildman–Crippen LogP) is 3.15. The van der Waals surface area contributed by atoms with Gasteiger partial charge in [-0.25, -0.2) is 4.21 Å². The summed E-state index contributed by atoms with van der Waals surface area (Å²) in [6.07, 6.45) is 0.887. The van der Waals surface area contributed by atoms with Gasteiger partial charge in [0.05, 0.1) is 16.3 Å². The Labute approximate surface area is 150 Å². The van der Waals surface area contributed by atoms with E-state index in [1.54, 1.807) is 30.3 Å². The Morgan fingerprint density at radius 3 is 2.44 bits per heavy atom. The molecule has 8 heteroatoms. The van der Waals surface area contributed by atoms with Crippen molar-refractivity contribution in [3.05, 3.63) is 48.0 Å². The van der Waals surface area contributed by atoms with Crippen LogP contribution in [0.4, 0.5) is 17.1 Å². The molecule has 0 spiro atoms. The maximum absolute atomic E-state index is 12.0. The van der Waals surface area contributed by atoms with E-state index < -0.39 is 11.1 Å². The Morgan fingerprint density at radius 1 is 1.08 bits per heavy atom. The lowest BCUT2D eigenvalue weighted by atomic mass is 10.2. The first kappa shape index (κ1) is 19.2. The second-order valence-electron chi connectivity index (χ2n) is 5.40. The first-order chi connectivity index (χ1) is 12.1. The van der Waals surface area contributed by atoms with Crippen LogP contribution in [0.1, 0.15) is 12.0 Å². The van der Waals surface area contributed by atoms with E-state index in [1.165, 1.54) is 0 Å². The molecule has 0 aromatic heterocycles. The molecule has 25 heavy (non-hydrogen) atoms. The SMILES string of the molecule is CNCCCNOS(=O)c1ccc(N=Nc2ccc(N)c(C)c2)cc1. The molecular formula is C17H23N5O2S. The highest BCUT2D eigenvalue weighted by molar-refractivity contribution is 7.80. The van der Waals surface area contributed by atoms with Gasteiger partial charge in [-0.05, 0) is 75.0 Å². The summed E-state index contributed by atoms with van der Waals surface area (Å²) in [4.78, 5) is 0.559. The first-order valence-electron chi connectivity index (χ1n) is 7.94. The highest BCUT2D eigenvalue weighted by atomic mass is 32.2. The van der Waals surface area contributed by atoms with Gasteiger partial charge in [-0.1, -0.05) is 0 Å². The summed E-state index contributed by atoms with van der Waals surface area (Å²) in [5.41, 5.74) is 11.6. The Hall–Kier alpha value is -2.13. The molecule has 4 N–H and O–H groups in total. The maximum Gasteiger partial charge on any atom is 0.206 e. The summed E-state index contributed by atoms with van der Waals surface area (Å²) in [7, 11) is 1.88. The number of rotatable bonds is 9. The standard InChI is InChI=1S/C17H23N5O2S/c1-13-12-15(6-9-17(13)18)22-21-14-4-7-16(8-5-14)25(23)24-20-11-3-10-19-2/h4-9,12,19-20H,3,10-11,18H2,1-2H3. The van der Waals surface area contributed by atoms with Gasteiger partial charge in [-0.3, -0.25) is 0 Å². The van der Waals surface area contributed by atoms with Crippen LogP contribution in [0.3, 0.4) is 0 Å². The fourth-order valence-electron chi connectivity index (χ4n) is 1.94. The number of nitrogen functional groups attached to an aromatic ring is 1. The predicted molar refractivity (Wildman–Crippen MR) is 100 cm³/mol. The Bertz CT molecular complexity index is 734. The van der Waals surface area contributed by atoms with Crippen molar-refractivity contribution in [3.8, 4) is 0 Å². The average Bonchev–Trinajstić information content (AvgIpc) is 2.63. The van der Waals surface area contributed by atoms with Crippen LogP contribution < -0.4 is 16.5 Å². The van der Waals surface area contributed by atoms with Gasteiger partial charge in [-0.15, -0.1) is 0 Å². The fourth-order valence-corrected chi connectivity index (χ4v) is 2.59. The highest BCUT2D eigenvalue weighted by Crippen LogP contribution is 2.22. The van der Waals surface area contributed by atoms with Crippen molar-refractivity contribution >= 4 is 28.1 Å². The van der Waals surface area contributed by atoms with Gasteiger partial charge < -0.3 is 11.1 Å². The van der Waals surface area contributed by atoms with Crippen LogP contribution >= 0.6 is 0 Å². The topological polar surface area (TPSA) is 101 Å². The van der Waals surface area contributed by atoms with Crippen molar-refractivity contribution in [2.45, 2.75) is 18.2 Å². The van der Waals surface area contributed by atoms with E-state index in [4.69, 9.17) is 10.0 Å². The van der Waals surface area contributed by atoms with Crippen LogP contribution in [-0.4, -0.2) is 24.3 Å². The summed E-state index contributed by atoms with van der Waals surface area (Å²) < 4.78 is 17.1. The molecule has 1 atom stereocenters. The number of aryl methyl sites for hydroxylation is 1. The van der Waals surface area contributed by atoms with Crippen LogP contribution in [0.5, 0.6) is 0 Å². The summed E-state index contributed by atoms with van der Waals surface area (Å²) in [5, 5.41) is 11.4. The molecule has 0 bridgehead atoms. The number of benzene rings is 2. The molecule has 0 heterocycles. The lowest BCUT2D eigenvalue weighted by molar-refractivity contribution is 0.220. The monoisotopic (exact) mass is 361 g/mol. The number of nitrogens with zero attached hydrogens (tertiary/aromatic N) is 2. The van der Waals surface area contributed by atoms with Gasteiger partial charge >= 0.3 is 0 Å². The Morgan fingerprint density at radius 2 is 1.76 bits per heavy atom. The van der Waals surface area contributed by atoms with Gasteiger partial charge in [0.25, 0.3) is 0 Å². The highest BCUT2D eigenvalue weighted by Gasteiger charge is 2.04. The van der Waals surface area contributed by atoms with Crippen molar-refractivity contribution < 1.29 is 8.49 Å². The fraction of sp³-hybridized carbons (Fsp3) is 0.294. The number of hydrogen-bond donors (Lipinski definition) is 3. The normalized spacial score (nSPS) is 12.6. The van der Waals surface area contributed by atoms with E-state index in [9.17, 15) is 4.21 Å². The number of nitrogens with one attached hydrogen (secondary N) is 2. The second-order valence-corrected chi connectivity index (χ2v) is 6.51. The second kappa shape index (κ2) is 10.00. The molecule has 134 valence electrons. The Balaban J connectivity index is 1.89. The molecule has 0 radical (unpaired) electrons. The molecular weight excluding hydrogens is 338 g/mol. The number of anilines is 1. The molecule has 2 aromatic rings. The lowest BCUT2D eigenvalue weighted by Crippen LogP contribution is -2.21. The van der Waals surface area contributed by atoms with E-state index in [0.717, 1.165) is 29.9 Å². The zero-order valence-electron chi connectivity index (χ0n) is 14.4. The first-order valence-corrected chi connectivity index (χ1v) is 9.02. The van der Waals surface area contributed by atoms with Gasteiger partial charge in [-0.2, -0.15) is 20.0 Å². The molecule has 0 aliphatic heterocycles. The molecule has 0 saturated carbocycles. The van der Waals surface area contributed by atoms with Crippen molar-refractivity contribution in [1.29, 1.82) is 0 Å². The van der Waals surface area contributed by atoms with Crippen molar-refractivity contribution in [1.82, 2.24) is 10.8 Å².